The number of ketones is 1. The van der Waals surface area contributed by atoms with E-state index in [1.54, 1.807) is 11.8 Å². The normalized spacial score (nSPS) is 11.4. The Labute approximate surface area is 136 Å². The van der Waals surface area contributed by atoms with E-state index in [4.69, 9.17) is 5.73 Å². The summed E-state index contributed by atoms with van der Waals surface area (Å²) in [6.45, 7) is 12.1. The summed E-state index contributed by atoms with van der Waals surface area (Å²) in [5.74, 6) is 0.105. The van der Waals surface area contributed by atoms with Crippen LogP contribution in [0.2, 0.25) is 0 Å². The van der Waals surface area contributed by atoms with Gasteiger partial charge in [0.2, 0.25) is 0 Å². The van der Waals surface area contributed by atoms with Gasteiger partial charge < -0.3 is 16.0 Å². The van der Waals surface area contributed by atoms with E-state index >= 15 is 0 Å². The molecule has 21 heavy (non-hydrogen) atoms. The number of thiophene rings is 1. The first-order valence-electron chi connectivity index (χ1n) is 7.42. The lowest BCUT2D eigenvalue weighted by atomic mass is 10.1. The van der Waals surface area contributed by atoms with E-state index in [-0.39, 0.29) is 11.7 Å². The molecule has 1 aromatic heterocycles. The first kappa shape index (κ1) is 18.3. The number of carbonyl (C=O) groups excluding carboxylic acids is 1. The smallest absolute Gasteiger partial charge is 0.177 e. The molecule has 3 N–H and O–H groups in total. The second-order valence-corrected chi connectivity index (χ2v) is 7.02. The highest BCUT2D eigenvalue weighted by atomic mass is 32.2. The Morgan fingerprint density at radius 3 is 2.48 bits per heavy atom. The van der Waals surface area contributed by atoms with Crippen molar-refractivity contribution in [3.63, 3.8) is 0 Å². The number of nitrogens with one attached hydrogen (secondary N) is 1. The molecule has 0 aromatic carbocycles. The Morgan fingerprint density at radius 1 is 1.38 bits per heavy atom. The van der Waals surface area contributed by atoms with E-state index in [2.05, 4.69) is 24.1 Å². The number of Topliss-reactive ketones (excluding diaryl/α,β-unsaturated/α-hetero) is 1. The van der Waals surface area contributed by atoms with Crippen molar-refractivity contribution in [2.45, 2.75) is 32.6 Å². The van der Waals surface area contributed by atoms with Crippen LogP contribution >= 0.6 is 23.1 Å². The number of nitrogen functional groups attached to an aromatic ring is 1. The maximum absolute atomic E-state index is 12.2. The molecular weight excluding hydrogens is 302 g/mol. The van der Waals surface area contributed by atoms with E-state index < -0.39 is 0 Å². The summed E-state index contributed by atoms with van der Waals surface area (Å²) >= 11 is 3.09. The van der Waals surface area contributed by atoms with E-state index in [0.717, 1.165) is 36.1 Å². The summed E-state index contributed by atoms with van der Waals surface area (Å²) in [6, 6.07) is 0. The van der Waals surface area contributed by atoms with Crippen molar-refractivity contribution in [1.82, 2.24) is 4.90 Å². The molecule has 6 heteroatoms. The number of hydrogen-bond donors (Lipinski definition) is 2. The largest absolute Gasteiger partial charge is 0.396 e. The highest BCUT2D eigenvalue weighted by molar-refractivity contribution is 7.99. The molecule has 0 saturated carbocycles. The van der Waals surface area contributed by atoms with Gasteiger partial charge in [-0.15, -0.1) is 23.1 Å². The van der Waals surface area contributed by atoms with Crippen molar-refractivity contribution in [2.75, 3.05) is 43.5 Å². The fourth-order valence-corrected chi connectivity index (χ4v) is 4.21. The standard InChI is InChI=1S/C15H27N3OS2/c1-6-18(7-2)9-8-17-15-14(20-5)11(16)13(21-15)12(19)10(3)4/h10,17H,6-9,16H2,1-5H3. The molecule has 1 rings (SSSR count). The topological polar surface area (TPSA) is 58.4 Å². The number of thioether (sulfide) groups is 1. The zero-order valence-corrected chi connectivity index (χ0v) is 15.3. The number of likely N-dealkylation sites (N-methyl/N-ethyl adjacent to an activating group) is 1. The van der Waals surface area contributed by atoms with Gasteiger partial charge in [0.15, 0.2) is 5.78 Å². The second-order valence-electron chi connectivity index (χ2n) is 5.18. The molecule has 0 radical (unpaired) electrons. The maximum Gasteiger partial charge on any atom is 0.177 e. The van der Waals surface area contributed by atoms with Crippen molar-refractivity contribution in [3.8, 4) is 0 Å². The third-order valence-electron chi connectivity index (χ3n) is 3.46. The summed E-state index contributed by atoms with van der Waals surface area (Å²) in [6.07, 6.45) is 2.00. The van der Waals surface area contributed by atoms with Gasteiger partial charge in [-0.2, -0.15) is 0 Å². The van der Waals surface area contributed by atoms with E-state index in [0.29, 0.717) is 10.6 Å². The summed E-state index contributed by atoms with van der Waals surface area (Å²) in [5, 5.41) is 4.47. The fourth-order valence-electron chi connectivity index (χ4n) is 2.06. The fraction of sp³-hybridized carbons (Fsp3) is 0.667. The van der Waals surface area contributed by atoms with Crippen LogP contribution in [0.5, 0.6) is 0 Å². The van der Waals surface area contributed by atoms with Crippen LogP contribution in [-0.4, -0.2) is 43.1 Å². The minimum Gasteiger partial charge on any atom is -0.396 e. The second kappa shape index (κ2) is 8.66. The zero-order valence-electron chi connectivity index (χ0n) is 13.7. The molecule has 0 aliphatic carbocycles. The average molecular weight is 330 g/mol. The van der Waals surface area contributed by atoms with Gasteiger partial charge >= 0.3 is 0 Å². The molecule has 0 fully saturated rings. The van der Waals surface area contributed by atoms with Crippen LogP contribution in [0, 0.1) is 5.92 Å². The van der Waals surface area contributed by atoms with Gasteiger partial charge in [-0.3, -0.25) is 4.79 Å². The summed E-state index contributed by atoms with van der Waals surface area (Å²) in [7, 11) is 0. The summed E-state index contributed by atoms with van der Waals surface area (Å²) in [4.78, 5) is 16.3. The minimum atomic E-state index is -0.0239. The molecule has 4 nitrogen and oxygen atoms in total. The average Bonchev–Trinajstić information content (AvgIpc) is 2.78. The third-order valence-corrected chi connectivity index (χ3v) is 5.60. The van der Waals surface area contributed by atoms with E-state index in [1.807, 2.05) is 20.1 Å². The van der Waals surface area contributed by atoms with Gasteiger partial charge in [-0.25, -0.2) is 0 Å². The molecule has 1 aromatic rings. The molecule has 0 amide bonds. The highest BCUT2D eigenvalue weighted by Gasteiger charge is 2.22. The molecule has 0 spiro atoms. The van der Waals surface area contributed by atoms with Gasteiger partial charge in [-0.1, -0.05) is 27.7 Å². The molecule has 0 saturated heterocycles. The van der Waals surface area contributed by atoms with E-state index in [1.165, 1.54) is 11.3 Å². The monoisotopic (exact) mass is 329 g/mol. The Balaban J connectivity index is 2.83. The van der Waals surface area contributed by atoms with Gasteiger partial charge in [0.25, 0.3) is 0 Å². The van der Waals surface area contributed by atoms with Crippen LogP contribution in [0.15, 0.2) is 4.90 Å². The van der Waals surface area contributed by atoms with Crippen LogP contribution in [0.4, 0.5) is 10.7 Å². The van der Waals surface area contributed by atoms with Crippen molar-refractivity contribution < 1.29 is 4.79 Å². The summed E-state index contributed by atoms with van der Waals surface area (Å²) in [5.41, 5.74) is 6.79. The lowest BCUT2D eigenvalue weighted by Crippen LogP contribution is -2.28. The SMILES string of the molecule is CCN(CC)CCNc1sc(C(=O)C(C)C)c(N)c1SC. The highest BCUT2D eigenvalue weighted by Crippen LogP contribution is 2.42. The number of rotatable bonds is 9. The first-order valence-corrected chi connectivity index (χ1v) is 9.46. The number of nitrogens with two attached hydrogens (primary N) is 1. The van der Waals surface area contributed by atoms with Crippen LogP contribution in [-0.2, 0) is 0 Å². The van der Waals surface area contributed by atoms with Crippen molar-refractivity contribution in [3.05, 3.63) is 4.88 Å². The van der Waals surface area contributed by atoms with Crippen molar-refractivity contribution in [2.24, 2.45) is 5.92 Å². The van der Waals surface area contributed by atoms with Crippen molar-refractivity contribution in [1.29, 1.82) is 0 Å². The van der Waals surface area contributed by atoms with E-state index in [9.17, 15) is 4.79 Å². The van der Waals surface area contributed by atoms with Crippen LogP contribution in [0.1, 0.15) is 37.4 Å². The third kappa shape index (κ3) is 4.63. The predicted molar refractivity (Wildman–Crippen MR) is 96.0 cm³/mol. The molecule has 0 atom stereocenters. The number of nitrogens with zero attached hydrogens (tertiary/aromatic N) is 1. The molecule has 0 aliphatic heterocycles. The lowest BCUT2D eigenvalue weighted by Gasteiger charge is -2.18. The number of carbonyl (C=O) groups is 1. The molecule has 0 bridgehead atoms. The van der Waals surface area contributed by atoms with Gasteiger partial charge in [0, 0.05) is 19.0 Å². The first-order chi connectivity index (χ1) is 9.96. The molecule has 0 aliphatic rings. The van der Waals surface area contributed by atoms with Crippen LogP contribution in [0.25, 0.3) is 0 Å². The van der Waals surface area contributed by atoms with Crippen LogP contribution < -0.4 is 11.1 Å². The van der Waals surface area contributed by atoms with Crippen LogP contribution in [0.3, 0.4) is 0 Å². The Bertz CT molecular complexity index is 468. The zero-order chi connectivity index (χ0) is 16.0. The lowest BCUT2D eigenvalue weighted by molar-refractivity contribution is 0.0944. The Kier molecular flexibility index (Phi) is 7.56. The minimum absolute atomic E-state index is 0.0239. The number of hydrogen-bond acceptors (Lipinski definition) is 6. The van der Waals surface area contributed by atoms with Gasteiger partial charge in [0.1, 0.15) is 5.00 Å². The van der Waals surface area contributed by atoms with Crippen molar-refractivity contribution >= 4 is 39.6 Å². The Morgan fingerprint density at radius 2 is 2.00 bits per heavy atom. The number of anilines is 2. The summed E-state index contributed by atoms with van der Waals surface area (Å²) < 4.78 is 0. The Hall–Kier alpha value is -0.720. The molecule has 0 unspecified atom stereocenters. The quantitative estimate of drug-likeness (QED) is 0.535. The van der Waals surface area contributed by atoms with Gasteiger partial charge in [0.05, 0.1) is 15.5 Å². The molecule has 1 heterocycles. The predicted octanol–water partition coefficient (Wildman–Crippen LogP) is 3.64. The van der Waals surface area contributed by atoms with Gasteiger partial charge in [-0.05, 0) is 19.3 Å². The maximum atomic E-state index is 12.2. The molecule has 120 valence electrons. The molecular formula is C15H27N3OS2.